The van der Waals surface area contributed by atoms with Crippen molar-refractivity contribution in [3.8, 4) is 0 Å². The number of hydrogen-bond acceptors (Lipinski definition) is 4. The average Bonchev–Trinajstić information content (AvgIpc) is 2.48. The fourth-order valence-electron chi connectivity index (χ4n) is 1.46. The number of ether oxygens (including phenoxy) is 1. The van der Waals surface area contributed by atoms with Crippen LogP contribution in [0.5, 0.6) is 0 Å². The summed E-state index contributed by atoms with van der Waals surface area (Å²) >= 11 is 0. The van der Waals surface area contributed by atoms with Gasteiger partial charge in [-0.1, -0.05) is 52.8 Å². The normalized spacial score (nSPS) is 10.4. The first-order valence-corrected chi connectivity index (χ1v) is 9.22. The highest BCUT2D eigenvalue weighted by Crippen LogP contribution is 2.32. The van der Waals surface area contributed by atoms with Crippen LogP contribution in [0.4, 0.5) is 13.6 Å². The van der Waals surface area contributed by atoms with Crippen LogP contribution in [-0.4, -0.2) is 20.8 Å². The Morgan fingerprint density at radius 3 is 2.09 bits per heavy atom. The quantitative estimate of drug-likeness (QED) is 0.887. The van der Waals surface area contributed by atoms with Gasteiger partial charge in [-0.3, -0.25) is 0 Å². The van der Waals surface area contributed by atoms with Gasteiger partial charge < -0.3 is 4.74 Å². The summed E-state index contributed by atoms with van der Waals surface area (Å²) in [5, 5.41) is 0. The number of carbonyl (C=O) groups excluding carboxylic acids is 1. The van der Waals surface area contributed by atoms with Crippen molar-refractivity contribution in [2.45, 2.75) is 47.1 Å². The van der Waals surface area contributed by atoms with Crippen LogP contribution in [-0.2, 0) is 27.3 Å². The lowest BCUT2D eigenvalue weighted by Gasteiger charge is -2.19. The molecule has 0 radical (unpaired) electrons. The van der Waals surface area contributed by atoms with Crippen molar-refractivity contribution in [2.75, 3.05) is 6.26 Å². The number of sulfonamides is 1. The standard InChI is InChI=1S/C11H13F2NO4S.2C2H6/c1-3-8-6-4-5-7-9(8)11(12,13)18-10(15)14-19(2,16)17;2*1-2/h4-7H,3H2,1-2H3,(H,14,15);2*1-2H3. The van der Waals surface area contributed by atoms with Crippen LogP contribution in [0, 0.1) is 0 Å². The minimum absolute atomic E-state index is 0.305. The summed E-state index contributed by atoms with van der Waals surface area (Å²) in [7, 11) is -3.95. The van der Waals surface area contributed by atoms with E-state index in [0.29, 0.717) is 18.2 Å². The van der Waals surface area contributed by atoms with E-state index in [9.17, 15) is 22.0 Å². The van der Waals surface area contributed by atoms with Gasteiger partial charge >= 0.3 is 12.2 Å². The Balaban J connectivity index is 0. The van der Waals surface area contributed by atoms with Crippen LogP contribution in [0.25, 0.3) is 0 Å². The van der Waals surface area contributed by atoms with Gasteiger partial charge in [0.15, 0.2) is 0 Å². The number of hydrogen-bond donors (Lipinski definition) is 1. The smallest absolute Gasteiger partial charge is 0.379 e. The Morgan fingerprint density at radius 1 is 1.17 bits per heavy atom. The molecule has 1 N–H and O–H groups in total. The van der Waals surface area contributed by atoms with Crippen molar-refractivity contribution in [1.29, 1.82) is 0 Å². The summed E-state index contributed by atoms with van der Waals surface area (Å²) in [4.78, 5) is 11.1. The molecule has 1 aromatic rings. The molecular formula is C15H25F2NO4S. The zero-order valence-electron chi connectivity index (χ0n) is 14.3. The molecule has 0 unspecified atom stereocenters. The Morgan fingerprint density at radius 2 is 1.65 bits per heavy atom. The molecule has 0 atom stereocenters. The zero-order valence-corrected chi connectivity index (χ0v) is 15.1. The molecule has 5 nitrogen and oxygen atoms in total. The van der Waals surface area contributed by atoms with Gasteiger partial charge in [0.05, 0.1) is 11.8 Å². The maximum Gasteiger partial charge on any atom is 0.430 e. The molecule has 1 amide bonds. The van der Waals surface area contributed by atoms with E-state index in [1.54, 1.807) is 13.0 Å². The van der Waals surface area contributed by atoms with Gasteiger partial charge in [0, 0.05) is 0 Å². The molecule has 0 aromatic heterocycles. The van der Waals surface area contributed by atoms with Crippen molar-refractivity contribution >= 4 is 16.1 Å². The molecule has 134 valence electrons. The zero-order chi connectivity index (χ0) is 18.7. The number of rotatable bonds is 4. The molecule has 0 aliphatic carbocycles. The number of halogens is 2. The molecule has 0 bridgehead atoms. The van der Waals surface area contributed by atoms with Gasteiger partial charge in [0.25, 0.3) is 0 Å². The molecule has 1 aromatic carbocycles. The highest BCUT2D eigenvalue weighted by Gasteiger charge is 2.38. The predicted octanol–water partition coefficient (Wildman–Crippen LogP) is 4.04. The number of nitrogens with one attached hydrogen (secondary N) is 1. The van der Waals surface area contributed by atoms with Crippen LogP contribution < -0.4 is 4.72 Å². The van der Waals surface area contributed by atoms with E-state index in [4.69, 9.17) is 0 Å². The summed E-state index contributed by atoms with van der Waals surface area (Å²) in [6.07, 6.45) is -4.64. The van der Waals surface area contributed by atoms with Gasteiger partial charge in [-0.05, 0) is 18.1 Å². The van der Waals surface area contributed by atoms with E-state index in [1.807, 2.05) is 27.7 Å². The fourth-order valence-corrected chi connectivity index (χ4v) is 1.80. The van der Waals surface area contributed by atoms with Gasteiger partial charge in [0.1, 0.15) is 0 Å². The Hall–Kier alpha value is -1.70. The van der Waals surface area contributed by atoms with E-state index in [-0.39, 0.29) is 0 Å². The molecule has 0 heterocycles. The van der Waals surface area contributed by atoms with Crippen molar-refractivity contribution in [1.82, 2.24) is 4.72 Å². The van der Waals surface area contributed by atoms with Crippen LogP contribution in [0.3, 0.4) is 0 Å². The van der Waals surface area contributed by atoms with Crippen LogP contribution >= 0.6 is 0 Å². The minimum Gasteiger partial charge on any atom is -0.379 e. The lowest BCUT2D eigenvalue weighted by Crippen LogP contribution is -2.35. The fraction of sp³-hybridized carbons (Fsp3) is 0.533. The summed E-state index contributed by atoms with van der Waals surface area (Å²) < 4.78 is 54.2. The third-order valence-corrected chi connectivity index (χ3v) is 2.74. The van der Waals surface area contributed by atoms with E-state index in [1.165, 1.54) is 16.9 Å². The van der Waals surface area contributed by atoms with Crippen molar-refractivity contribution in [2.24, 2.45) is 0 Å². The Bertz CT molecular complexity index is 575. The minimum atomic E-state index is -3.95. The largest absolute Gasteiger partial charge is 0.430 e. The molecule has 23 heavy (non-hydrogen) atoms. The molecule has 0 aliphatic rings. The van der Waals surface area contributed by atoms with E-state index in [2.05, 4.69) is 4.74 Å². The lowest BCUT2D eigenvalue weighted by molar-refractivity contribution is -0.207. The second kappa shape index (κ2) is 10.9. The van der Waals surface area contributed by atoms with E-state index in [0.717, 1.165) is 6.07 Å². The van der Waals surface area contributed by atoms with E-state index < -0.39 is 27.8 Å². The first kappa shape index (κ1) is 23.6. The highest BCUT2D eigenvalue weighted by molar-refractivity contribution is 7.89. The van der Waals surface area contributed by atoms with E-state index >= 15 is 0 Å². The number of benzene rings is 1. The molecule has 0 spiro atoms. The summed E-state index contributed by atoms with van der Waals surface area (Å²) in [6.45, 7) is 9.67. The third-order valence-electron chi connectivity index (χ3n) is 2.20. The van der Waals surface area contributed by atoms with Crippen LogP contribution in [0.15, 0.2) is 24.3 Å². The van der Waals surface area contributed by atoms with Gasteiger partial charge in [-0.2, -0.15) is 8.78 Å². The van der Waals surface area contributed by atoms with Gasteiger partial charge in [-0.15, -0.1) is 0 Å². The number of amides is 1. The van der Waals surface area contributed by atoms with Crippen LogP contribution in [0.2, 0.25) is 0 Å². The Labute approximate surface area is 137 Å². The summed E-state index contributed by atoms with van der Waals surface area (Å²) in [5.74, 6) is 0. The van der Waals surface area contributed by atoms with Crippen LogP contribution in [0.1, 0.15) is 45.7 Å². The molecular weight excluding hydrogens is 328 g/mol. The number of aryl methyl sites for hydroxylation is 1. The molecule has 0 saturated heterocycles. The molecule has 1 rings (SSSR count). The Kier molecular flexibility index (Phi) is 11.2. The van der Waals surface area contributed by atoms with Gasteiger partial charge in [0.2, 0.25) is 10.0 Å². The first-order valence-electron chi connectivity index (χ1n) is 7.32. The first-order chi connectivity index (χ1) is 10.7. The molecule has 8 heteroatoms. The topological polar surface area (TPSA) is 72.5 Å². The number of carbonyl (C=O) groups is 1. The highest BCUT2D eigenvalue weighted by atomic mass is 32.2. The second-order valence-electron chi connectivity index (χ2n) is 3.79. The van der Waals surface area contributed by atoms with Crippen molar-refractivity contribution < 1.29 is 26.7 Å². The van der Waals surface area contributed by atoms with Crippen molar-refractivity contribution in [3.63, 3.8) is 0 Å². The molecule has 0 aliphatic heterocycles. The lowest BCUT2D eigenvalue weighted by atomic mass is 10.0. The van der Waals surface area contributed by atoms with Crippen molar-refractivity contribution in [3.05, 3.63) is 35.4 Å². The predicted molar refractivity (Wildman–Crippen MR) is 86.9 cm³/mol. The maximum atomic E-state index is 13.8. The molecule has 0 saturated carbocycles. The number of alkyl halides is 2. The third kappa shape index (κ3) is 9.12. The summed E-state index contributed by atoms with van der Waals surface area (Å²) in [5.41, 5.74) is -0.166. The summed E-state index contributed by atoms with van der Waals surface area (Å²) in [6, 6.07) is 5.54. The maximum absolute atomic E-state index is 13.8. The molecule has 0 fully saturated rings. The second-order valence-corrected chi connectivity index (χ2v) is 5.54. The monoisotopic (exact) mass is 353 g/mol. The SMILES string of the molecule is CC.CC.CCc1ccccc1C(F)(F)OC(=O)NS(C)(=O)=O. The van der Waals surface area contributed by atoms with Gasteiger partial charge in [-0.25, -0.2) is 17.9 Å². The average molecular weight is 353 g/mol.